The third kappa shape index (κ3) is 3.74. The number of aromatic nitrogens is 6. The van der Waals surface area contributed by atoms with Crippen LogP contribution in [0.25, 0.3) is 16.9 Å². The summed E-state index contributed by atoms with van der Waals surface area (Å²) in [5, 5.41) is 7.21. The number of pyridine rings is 2. The Labute approximate surface area is 183 Å². The molecule has 0 saturated carbocycles. The fourth-order valence-corrected chi connectivity index (χ4v) is 5.06. The van der Waals surface area contributed by atoms with Gasteiger partial charge in [0.2, 0.25) is 5.56 Å². The summed E-state index contributed by atoms with van der Waals surface area (Å²) in [6.45, 7) is 0.992. The molecule has 0 spiro atoms. The zero-order valence-corrected chi connectivity index (χ0v) is 17.8. The molecule has 1 saturated heterocycles. The minimum absolute atomic E-state index is 0.206. The van der Waals surface area contributed by atoms with E-state index in [1.165, 1.54) is 29.1 Å². The standard InChI is InChI=1S/C20H20N8O3S/c29-18-10-14(6-7-21-18)17-5-4-16(19-24-13-25-28(17)19)26-15-11-22-20(23-12-15)32(30,31)27-8-2-1-3-9-27/h4-7,10-13,26H,1-3,8-9H2,(H,21,29). The molecular weight excluding hydrogens is 432 g/mol. The molecule has 0 amide bonds. The Bertz CT molecular complexity index is 1420. The first-order valence-electron chi connectivity index (χ1n) is 10.1. The molecule has 4 aromatic rings. The number of aromatic amines is 1. The van der Waals surface area contributed by atoms with Crippen LogP contribution in [0.15, 0.2) is 59.1 Å². The fraction of sp³-hybridized carbons (Fsp3) is 0.250. The van der Waals surface area contributed by atoms with E-state index in [4.69, 9.17) is 0 Å². The molecule has 4 aromatic heterocycles. The third-order valence-electron chi connectivity index (χ3n) is 5.29. The van der Waals surface area contributed by atoms with E-state index in [9.17, 15) is 13.2 Å². The smallest absolute Gasteiger partial charge is 0.278 e. The average molecular weight is 453 g/mol. The normalized spacial score (nSPS) is 15.1. The van der Waals surface area contributed by atoms with Gasteiger partial charge in [-0.3, -0.25) is 4.79 Å². The molecule has 0 atom stereocenters. The quantitative estimate of drug-likeness (QED) is 0.437. The SMILES string of the molecule is O=c1cc(-c2ccc(Nc3cnc(S(=O)(=O)N4CCCCC4)nc3)c3ncnn23)cc[nH]1. The zero-order valence-electron chi connectivity index (χ0n) is 17.0. The summed E-state index contributed by atoms with van der Waals surface area (Å²) in [5.74, 6) is 0. The number of sulfonamides is 1. The lowest BCUT2D eigenvalue weighted by molar-refractivity contribution is 0.344. The van der Waals surface area contributed by atoms with Crippen molar-refractivity contribution in [2.75, 3.05) is 18.4 Å². The second kappa shape index (κ2) is 8.13. The summed E-state index contributed by atoms with van der Waals surface area (Å²) in [6.07, 6.45) is 8.58. The number of hydrogen-bond acceptors (Lipinski definition) is 8. The molecule has 2 N–H and O–H groups in total. The molecule has 12 heteroatoms. The molecule has 164 valence electrons. The summed E-state index contributed by atoms with van der Waals surface area (Å²) in [7, 11) is -3.69. The number of hydrogen-bond donors (Lipinski definition) is 2. The number of piperidine rings is 1. The van der Waals surface area contributed by atoms with Crippen LogP contribution < -0.4 is 10.9 Å². The Morgan fingerprint density at radius 3 is 2.53 bits per heavy atom. The second-order valence-corrected chi connectivity index (χ2v) is 9.25. The molecule has 1 fully saturated rings. The largest absolute Gasteiger partial charge is 0.350 e. The van der Waals surface area contributed by atoms with Crippen molar-refractivity contribution in [1.29, 1.82) is 0 Å². The minimum Gasteiger partial charge on any atom is -0.350 e. The maximum Gasteiger partial charge on any atom is 0.278 e. The number of fused-ring (bicyclic) bond motifs is 1. The maximum atomic E-state index is 12.7. The van der Waals surface area contributed by atoms with E-state index in [1.54, 1.807) is 22.8 Å². The summed E-state index contributed by atoms with van der Waals surface area (Å²) < 4.78 is 28.5. The number of nitrogens with zero attached hydrogens (tertiary/aromatic N) is 6. The summed E-state index contributed by atoms with van der Waals surface area (Å²) >= 11 is 0. The molecule has 0 bridgehead atoms. The van der Waals surface area contributed by atoms with Crippen LogP contribution in [0.5, 0.6) is 0 Å². The van der Waals surface area contributed by atoms with Gasteiger partial charge in [0, 0.05) is 30.9 Å². The number of H-pyrrole nitrogens is 1. The number of anilines is 2. The molecule has 1 aliphatic heterocycles. The molecule has 0 radical (unpaired) electrons. The fourth-order valence-electron chi connectivity index (χ4n) is 3.72. The van der Waals surface area contributed by atoms with Crippen molar-refractivity contribution in [1.82, 2.24) is 33.9 Å². The van der Waals surface area contributed by atoms with Crippen LogP contribution in [0.3, 0.4) is 0 Å². The predicted octanol–water partition coefficient (Wildman–Crippen LogP) is 1.79. The summed E-state index contributed by atoms with van der Waals surface area (Å²) in [6, 6.07) is 6.88. The van der Waals surface area contributed by atoms with E-state index >= 15 is 0 Å². The highest BCUT2D eigenvalue weighted by molar-refractivity contribution is 7.88. The van der Waals surface area contributed by atoms with Gasteiger partial charge in [0.1, 0.15) is 6.33 Å². The Balaban J connectivity index is 1.42. The van der Waals surface area contributed by atoms with Crippen LogP contribution in [0.2, 0.25) is 0 Å². The molecule has 11 nitrogen and oxygen atoms in total. The van der Waals surface area contributed by atoms with Crippen molar-refractivity contribution in [2.45, 2.75) is 24.4 Å². The average Bonchev–Trinajstić information content (AvgIpc) is 3.31. The minimum atomic E-state index is -3.69. The molecule has 0 aromatic carbocycles. The highest BCUT2D eigenvalue weighted by Gasteiger charge is 2.28. The highest BCUT2D eigenvalue weighted by Crippen LogP contribution is 2.26. The van der Waals surface area contributed by atoms with Crippen molar-refractivity contribution in [3.63, 3.8) is 0 Å². The topological polar surface area (TPSA) is 138 Å². The number of rotatable bonds is 5. The van der Waals surface area contributed by atoms with Gasteiger partial charge in [-0.25, -0.2) is 27.9 Å². The molecule has 1 aliphatic rings. The molecular formula is C20H20N8O3S. The van der Waals surface area contributed by atoms with Gasteiger partial charge in [-0.05, 0) is 31.0 Å². The molecule has 5 rings (SSSR count). The van der Waals surface area contributed by atoms with Crippen molar-refractivity contribution in [2.24, 2.45) is 0 Å². The molecule has 32 heavy (non-hydrogen) atoms. The lowest BCUT2D eigenvalue weighted by Crippen LogP contribution is -2.36. The predicted molar refractivity (Wildman–Crippen MR) is 117 cm³/mol. The first kappa shape index (κ1) is 20.3. The monoisotopic (exact) mass is 452 g/mol. The van der Waals surface area contributed by atoms with Crippen LogP contribution in [0.1, 0.15) is 19.3 Å². The first-order valence-corrected chi connectivity index (χ1v) is 11.6. The van der Waals surface area contributed by atoms with Gasteiger partial charge in [0.05, 0.1) is 29.5 Å². The Hall–Kier alpha value is -3.64. The van der Waals surface area contributed by atoms with Crippen LogP contribution in [0.4, 0.5) is 11.4 Å². The maximum absolute atomic E-state index is 12.7. The Kier molecular flexibility index (Phi) is 5.15. The zero-order chi connectivity index (χ0) is 22.1. The van der Waals surface area contributed by atoms with E-state index < -0.39 is 10.0 Å². The van der Waals surface area contributed by atoms with Crippen LogP contribution in [-0.4, -0.2) is 55.4 Å². The van der Waals surface area contributed by atoms with Crippen molar-refractivity contribution >= 4 is 27.0 Å². The van der Waals surface area contributed by atoms with Gasteiger partial charge in [-0.15, -0.1) is 0 Å². The van der Waals surface area contributed by atoms with Crippen LogP contribution in [0, 0.1) is 0 Å². The lowest BCUT2D eigenvalue weighted by Gasteiger charge is -2.24. The van der Waals surface area contributed by atoms with Gasteiger partial charge in [-0.2, -0.15) is 9.40 Å². The van der Waals surface area contributed by atoms with Crippen molar-refractivity contribution in [3.05, 3.63) is 59.5 Å². The molecule has 5 heterocycles. The Morgan fingerprint density at radius 2 is 1.78 bits per heavy atom. The Morgan fingerprint density at radius 1 is 1.00 bits per heavy atom. The summed E-state index contributed by atoms with van der Waals surface area (Å²) in [5.41, 5.74) is 2.87. The van der Waals surface area contributed by atoms with E-state index in [-0.39, 0.29) is 10.7 Å². The third-order valence-corrected chi connectivity index (χ3v) is 7.01. The van der Waals surface area contributed by atoms with Gasteiger partial charge in [0.15, 0.2) is 5.65 Å². The van der Waals surface area contributed by atoms with E-state index in [1.807, 2.05) is 6.07 Å². The second-order valence-electron chi connectivity index (χ2n) is 7.41. The molecule has 0 aliphatic carbocycles. The first-order chi connectivity index (χ1) is 15.5. The van der Waals surface area contributed by atoms with E-state index in [2.05, 4.69) is 30.4 Å². The van der Waals surface area contributed by atoms with Crippen LogP contribution in [-0.2, 0) is 10.0 Å². The van der Waals surface area contributed by atoms with Crippen molar-refractivity contribution < 1.29 is 8.42 Å². The lowest BCUT2D eigenvalue weighted by atomic mass is 10.1. The number of nitrogens with one attached hydrogen (secondary N) is 2. The van der Waals surface area contributed by atoms with Gasteiger partial charge >= 0.3 is 0 Å². The highest BCUT2D eigenvalue weighted by atomic mass is 32.2. The van der Waals surface area contributed by atoms with Crippen LogP contribution >= 0.6 is 0 Å². The van der Waals surface area contributed by atoms with Gasteiger partial charge < -0.3 is 10.3 Å². The van der Waals surface area contributed by atoms with Crippen molar-refractivity contribution in [3.8, 4) is 11.3 Å². The summed E-state index contributed by atoms with van der Waals surface area (Å²) in [4.78, 5) is 26.7. The molecule has 0 unspecified atom stereocenters. The van der Waals surface area contributed by atoms with Gasteiger partial charge in [0.25, 0.3) is 15.2 Å². The van der Waals surface area contributed by atoms with Gasteiger partial charge in [-0.1, -0.05) is 6.42 Å². The van der Waals surface area contributed by atoms with E-state index in [0.29, 0.717) is 41.4 Å². The van der Waals surface area contributed by atoms with E-state index in [0.717, 1.165) is 19.3 Å².